The Labute approximate surface area is 205 Å². The van der Waals surface area contributed by atoms with Gasteiger partial charge in [0.05, 0.1) is 12.6 Å². The van der Waals surface area contributed by atoms with Gasteiger partial charge in [0.2, 0.25) is 5.89 Å². The fraction of sp³-hybridized carbons (Fsp3) is 0.250. The van der Waals surface area contributed by atoms with Gasteiger partial charge in [0.25, 0.3) is 5.91 Å². The van der Waals surface area contributed by atoms with E-state index in [-0.39, 0.29) is 11.9 Å². The molecule has 0 bridgehead atoms. The van der Waals surface area contributed by atoms with E-state index >= 15 is 0 Å². The van der Waals surface area contributed by atoms with Crippen molar-refractivity contribution in [1.29, 1.82) is 0 Å². The summed E-state index contributed by atoms with van der Waals surface area (Å²) in [6.45, 7) is 4.68. The van der Waals surface area contributed by atoms with Gasteiger partial charge in [-0.05, 0) is 22.8 Å². The summed E-state index contributed by atoms with van der Waals surface area (Å²) in [5, 5.41) is 2.86. The molecule has 1 aliphatic rings. The molecule has 0 atom stereocenters. The average molecular weight is 468 g/mol. The summed E-state index contributed by atoms with van der Waals surface area (Å²) in [5.41, 5.74) is 3.85. The molecule has 2 aromatic heterocycles. The number of hydrogen-bond acceptors (Lipinski definition) is 6. The van der Waals surface area contributed by atoms with E-state index in [1.54, 1.807) is 12.4 Å². The van der Waals surface area contributed by atoms with Gasteiger partial charge in [-0.15, -0.1) is 0 Å². The lowest BCUT2D eigenvalue weighted by molar-refractivity contribution is 0.0944. The van der Waals surface area contributed by atoms with Crippen molar-refractivity contribution in [3.05, 3.63) is 120 Å². The lowest BCUT2D eigenvalue weighted by Crippen LogP contribution is -2.47. The largest absolute Gasteiger partial charge is 0.447 e. The molecule has 4 aromatic rings. The highest BCUT2D eigenvalue weighted by atomic mass is 16.3. The average Bonchev–Trinajstić information content (AvgIpc) is 3.39. The molecule has 0 aliphatic carbocycles. The van der Waals surface area contributed by atoms with Crippen LogP contribution in [0.2, 0.25) is 0 Å². The second-order valence-corrected chi connectivity index (χ2v) is 8.71. The van der Waals surface area contributed by atoms with Crippen molar-refractivity contribution >= 4 is 5.91 Å². The predicted molar refractivity (Wildman–Crippen MR) is 133 cm³/mol. The van der Waals surface area contributed by atoms with Crippen molar-refractivity contribution < 1.29 is 9.21 Å². The van der Waals surface area contributed by atoms with Crippen LogP contribution in [0.3, 0.4) is 0 Å². The second-order valence-electron chi connectivity index (χ2n) is 8.71. The number of pyridine rings is 1. The molecule has 1 aliphatic heterocycles. The van der Waals surface area contributed by atoms with Gasteiger partial charge < -0.3 is 9.73 Å². The summed E-state index contributed by atoms with van der Waals surface area (Å²) in [5.74, 6) is 0.315. The van der Waals surface area contributed by atoms with Crippen LogP contribution in [0, 0.1) is 0 Å². The standard InChI is InChI=1S/C28H29N5O2/c34-28(30-19-22-8-7-13-29-18-22)25-21-35-26(31-25)20-32-14-16-33(17-15-32)27(23-9-3-1-4-10-23)24-11-5-2-6-12-24/h1-13,18,21,27H,14-17,19-20H2,(H,30,34). The predicted octanol–water partition coefficient (Wildman–Crippen LogP) is 3.91. The number of nitrogens with one attached hydrogen (secondary N) is 1. The van der Waals surface area contributed by atoms with Crippen LogP contribution in [0.1, 0.15) is 39.1 Å². The van der Waals surface area contributed by atoms with Gasteiger partial charge in [0.15, 0.2) is 5.69 Å². The molecule has 1 saturated heterocycles. The highest BCUT2D eigenvalue weighted by Crippen LogP contribution is 2.29. The van der Waals surface area contributed by atoms with Gasteiger partial charge in [-0.2, -0.15) is 0 Å². The molecule has 0 radical (unpaired) electrons. The molecule has 0 saturated carbocycles. The topological polar surface area (TPSA) is 74.5 Å². The Bertz CT molecular complexity index is 1170. The third kappa shape index (κ3) is 5.82. The number of amides is 1. The first-order valence-corrected chi connectivity index (χ1v) is 11.9. The molecule has 0 spiro atoms. The van der Waals surface area contributed by atoms with E-state index in [9.17, 15) is 4.79 Å². The zero-order valence-electron chi connectivity index (χ0n) is 19.6. The quantitative estimate of drug-likeness (QED) is 0.424. The van der Waals surface area contributed by atoms with Gasteiger partial charge >= 0.3 is 0 Å². The van der Waals surface area contributed by atoms with Crippen molar-refractivity contribution in [2.24, 2.45) is 0 Å². The van der Waals surface area contributed by atoms with Crippen LogP contribution in [-0.2, 0) is 13.1 Å². The minimum Gasteiger partial charge on any atom is -0.447 e. The zero-order valence-corrected chi connectivity index (χ0v) is 19.6. The van der Waals surface area contributed by atoms with Crippen molar-refractivity contribution in [3.8, 4) is 0 Å². The molecule has 7 nitrogen and oxygen atoms in total. The van der Waals surface area contributed by atoms with E-state index < -0.39 is 0 Å². The van der Waals surface area contributed by atoms with Gasteiger partial charge in [0.1, 0.15) is 6.26 Å². The van der Waals surface area contributed by atoms with Crippen molar-refractivity contribution in [2.75, 3.05) is 26.2 Å². The minimum atomic E-state index is -0.248. The monoisotopic (exact) mass is 467 g/mol. The minimum absolute atomic E-state index is 0.233. The van der Waals surface area contributed by atoms with Crippen LogP contribution < -0.4 is 5.32 Å². The Balaban J connectivity index is 1.17. The summed E-state index contributed by atoms with van der Waals surface area (Å²) in [4.78, 5) is 25.8. The van der Waals surface area contributed by atoms with E-state index in [2.05, 4.69) is 85.7 Å². The maximum absolute atomic E-state index is 12.4. The molecule has 5 rings (SSSR count). The number of nitrogens with zero attached hydrogens (tertiary/aromatic N) is 4. The number of carbonyl (C=O) groups is 1. The number of oxazole rings is 1. The molecule has 178 valence electrons. The van der Waals surface area contributed by atoms with E-state index in [0.29, 0.717) is 24.7 Å². The number of piperazine rings is 1. The molecule has 35 heavy (non-hydrogen) atoms. The Hall–Kier alpha value is -3.81. The number of benzene rings is 2. The molecule has 3 heterocycles. The van der Waals surface area contributed by atoms with Gasteiger partial charge in [-0.1, -0.05) is 66.7 Å². The lowest BCUT2D eigenvalue weighted by Gasteiger charge is -2.39. The first kappa shape index (κ1) is 23.0. The Kier molecular flexibility index (Phi) is 7.27. The molecular formula is C28H29N5O2. The molecule has 1 fully saturated rings. The summed E-state index contributed by atoms with van der Waals surface area (Å²) in [6, 6.07) is 25.4. The SMILES string of the molecule is O=C(NCc1cccnc1)c1coc(CN2CCN(C(c3ccccc3)c3ccccc3)CC2)n1. The van der Waals surface area contributed by atoms with Crippen LogP contribution in [0.4, 0.5) is 0 Å². The molecular weight excluding hydrogens is 438 g/mol. The normalized spacial score (nSPS) is 14.8. The zero-order chi connectivity index (χ0) is 23.9. The fourth-order valence-electron chi connectivity index (χ4n) is 4.52. The maximum Gasteiger partial charge on any atom is 0.273 e. The second kappa shape index (κ2) is 11.1. The molecule has 2 aromatic carbocycles. The van der Waals surface area contributed by atoms with Crippen LogP contribution in [0.25, 0.3) is 0 Å². The van der Waals surface area contributed by atoms with E-state index in [1.165, 1.54) is 17.4 Å². The van der Waals surface area contributed by atoms with Gasteiger partial charge in [-0.3, -0.25) is 19.6 Å². The van der Waals surface area contributed by atoms with Crippen LogP contribution >= 0.6 is 0 Å². The maximum atomic E-state index is 12.4. The number of hydrogen-bond donors (Lipinski definition) is 1. The fourth-order valence-corrected chi connectivity index (χ4v) is 4.52. The number of aromatic nitrogens is 2. The van der Waals surface area contributed by atoms with Gasteiger partial charge in [-0.25, -0.2) is 4.98 Å². The van der Waals surface area contributed by atoms with E-state index in [4.69, 9.17) is 4.42 Å². The van der Waals surface area contributed by atoms with E-state index in [0.717, 1.165) is 31.7 Å². The Morgan fingerprint density at radius 1 is 0.914 bits per heavy atom. The Morgan fingerprint density at radius 2 is 1.60 bits per heavy atom. The van der Waals surface area contributed by atoms with Crippen LogP contribution in [0.15, 0.2) is 95.9 Å². The highest BCUT2D eigenvalue weighted by Gasteiger charge is 2.27. The van der Waals surface area contributed by atoms with Gasteiger partial charge in [0, 0.05) is 45.1 Å². The van der Waals surface area contributed by atoms with Crippen molar-refractivity contribution in [3.63, 3.8) is 0 Å². The third-order valence-corrected chi connectivity index (χ3v) is 6.32. The van der Waals surface area contributed by atoms with Crippen molar-refractivity contribution in [2.45, 2.75) is 19.1 Å². The van der Waals surface area contributed by atoms with Crippen LogP contribution in [0.5, 0.6) is 0 Å². The molecule has 0 unspecified atom stereocenters. The van der Waals surface area contributed by atoms with Crippen LogP contribution in [-0.4, -0.2) is 51.9 Å². The first-order valence-electron chi connectivity index (χ1n) is 11.9. The first-order chi connectivity index (χ1) is 17.3. The molecule has 1 N–H and O–H groups in total. The summed E-state index contributed by atoms with van der Waals surface area (Å²) >= 11 is 0. The van der Waals surface area contributed by atoms with E-state index in [1.807, 2.05) is 12.1 Å². The summed E-state index contributed by atoms with van der Waals surface area (Å²) in [6.07, 6.45) is 4.87. The summed E-state index contributed by atoms with van der Waals surface area (Å²) < 4.78 is 5.61. The Morgan fingerprint density at radius 3 is 2.23 bits per heavy atom. The highest BCUT2D eigenvalue weighted by molar-refractivity contribution is 5.91. The molecule has 7 heteroatoms. The third-order valence-electron chi connectivity index (χ3n) is 6.32. The smallest absolute Gasteiger partial charge is 0.273 e. The number of carbonyl (C=O) groups excluding carboxylic acids is 1. The number of rotatable bonds is 8. The van der Waals surface area contributed by atoms with Crippen molar-refractivity contribution in [1.82, 2.24) is 25.1 Å². The molecule has 1 amide bonds. The summed E-state index contributed by atoms with van der Waals surface area (Å²) in [7, 11) is 0. The lowest BCUT2D eigenvalue weighted by atomic mass is 9.96.